The lowest BCUT2D eigenvalue weighted by Crippen LogP contribution is -2.16. The standard InChI is InChI=1S/C12H10ClFN4O2S/c13-7-3-6(14)1-2-8(7)16-11(20)5-21-12-17-9(15)4-10(19)18-12/h1-4H,5H2,(H,16,20)(H3,15,17,18,19). The molecule has 0 spiro atoms. The molecule has 0 unspecified atom stereocenters. The van der Waals surface area contributed by atoms with Gasteiger partial charge in [0.25, 0.3) is 5.56 Å². The zero-order chi connectivity index (χ0) is 15.4. The highest BCUT2D eigenvalue weighted by atomic mass is 35.5. The Morgan fingerprint density at radius 2 is 2.24 bits per heavy atom. The summed E-state index contributed by atoms with van der Waals surface area (Å²) in [6.45, 7) is 0. The molecule has 1 heterocycles. The lowest BCUT2D eigenvalue weighted by Gasteiger charge is -2.07. The number of benzene rings is 1. The molecule has 0 aliphatic carbocycles. The topological polar surface area (TPSA) is 101 Å². The molecule has 1 amide bonds. The number of rotatable bonds is 4. The van der Waals surface area contributed by atoms with Crippen molar-refractivity contribution in [3.8, 4) is 0 Å². The van der Waals surface area contributed by atoms with Gasteiger partial charge in [0.05, 0.1) is 16.5 Å². The average Bonchev–Trinajstić information content (AvgIpc) is 2.39. The summed E-state index contributed by atoms with van der Waals surface area (Å²) in [7, 11) is 0. The molecule has 0 saturated heterocycles. The Morgan fingerprint density at radius 1 is 1.48 bits per heavy atom. The number of H-pyrrole nitrogens is 1. The van der Waals surface area contributed by atoms with Crippen LogP contribution in [0.3, 0.4) is 0 Å². The molecular weight excluding hydrogens is 319 g/mol. The summed E-state index contributed by atoms with van der Waals surface area (Å²) in [6.07, 6.45) is 0. The zero-order valence-electron chi connectivity index (χ0n) is 10.5. The Balaban J connectivity index is 1.97. The number of nitrogens with two attached hydrogens (primary N) is 1. The van der Waals surface area contributed by atoms with Crippen molar-refractivity contribution in [3.63, 3.8) is 0 Å². The summed E-state index contributed by atoms with van der Waals surface area (Å²) in [5.41, 5.74) is 5.33. The predicted molar refractivity (Wildman–Crippen MR) is 80.0 cm³/mol. The molecule has 0 saturated carbocycles. The molecule has 0 aliphatic heterocycles. The van der Waals surface area contributed by atoms with Gasteiger partial charge in [0, 0.05) is 6.07 Å². The number of hydrogen-bond acceptors (Lipinski definition) is 5. The minimum absolute atomic E-state index is 0.0138. The van der Waals surface area contributed by atoms with Crippen molar-refractivity contribution in [2.24, 2.45) is 0 Å². The number of nitrogens with zero attached hydrogens (tertiary/aromatic N) is 1. The van der Waals surface area contributed by atoms with E-state index in [1.54, 1.807) is 0 Å². The number of hydrogen-bond donors (Lipinski definition) is 3. The van der Waals surface area contributed by atoms with E-state index in [2.05, 4.69) is 15.3 Å². The van der Waals surface area contributed by atoms with Gasteiger partial charge < -0.3 is 16.0 Å². The van der Waals surface area contributed by atoms with Crippen molar-refractivity contribution < 1.29 is 9.18 Å². The monoisotopic (exact) mass is 328 g/mol. The third kappa shape index (κ3) is 4.47. The van der Waals surface area contributed by atoms with E-state index in [0.29, 0.717) is 5.69 Å². The molecule has 1 aromatic carbocycles. The van der Waals surface area contributed by atoms with Gasteiger partial charge in [-0.3, -0.25) is 9.59 Å². The van der Waals surface area contributed by atoms with Crippen molar-refractivity contribution in [2.75, 3.05) is 16.8 Å². The smallest absolute Gasteiger partial charge is 0.253 e. The van der Waals surface area contributed by atoms with E-state index in [9.17, 15) is 14.0 Å². The third-order valence-corrected chi connectivity index (χ3v) is 3.47. The zero-order valence-corrected chi connectivity index (χ0v) is 12.1. The minimum Gasteiger partial charge on any atom is -0.383 e. The van der Waals surface area contributed by atoms with Gasteiger partial charge in [-0.15, -0.1) is 0 Å². The van der Waals surface area contributed by atoms with Crippen molar-refractivity contribution >= 4 is 40.8 Å². The summed E-state index contributed by atoms with van der Waals surface area (Å²) in [5, 5.41) is 2.86. The Labute approximate surface area is 127 Å². The molecule has 2 rings (SSSR count). The van der Waals surface area contributed by atoms with Gasteiger partial charge in [-0.2, -0.15) is 0 Å². The first-order valence-corrected chi connectivity index (χ1v) is 7.05. The minimum atomic E-state index is -0.492. The summed E-state index contributed by atoms with van der Waals surface area (Å²) in [4.78, 5) is 29.3. The van der Waals surface area contributed by atoms with Gasteiger partial charge in [-0.1, -0.05) is 23.4 Å². The van der Waals surface area contributed by atoms with Crippen molar-refractivity contribution in [1.82, 2.24) is 9.97 Å². The number of anilines is 2. The highest BCUT2D eigenvalue weighted by molar-refractivity contribution is 7.99. The van der Waals surface area contributed by atoms with Crippen LogP contribution < -0.4 is 16.6 Å². The first-order chi connectivity index (χ1) is 9.94. The van der Waals surface area contributed by atoms with Gasteiger partial charge in [-0.05, 0) is 18.2 Å². The first kappa shape index (κ1) is 15.3. The number of carbonyl (C=O) groups is 1. The van der Waals surface area contributed by atoms with Crippen molar-refractivity contribution in [2.45, 2.75) is 5.16 Å². The van der Waals surface area contributed by atoms with E-state index < -0.39 is 11.4 Å². The fourth-order valence-corrected chi connectivity index (χ4v) is 2.33. The summed E-state index contributed by atoms with van der Waals surface area (Å²) in [6, 6.07) is 4.79. The molecule has 0 aliphatic rings. The fraction of sp³-hybridized carbons (Fsp3) is 0.0833. The summed E-state index contributed by atoms with van der Waals surface area (Å²) >= 11 is 6.80. The molecule has 21 heavy (non-hydrogen) atoms. The second-order valence-electron chi connectivity index (χ2n) is 3.94. The van der Waals surface area contributed by atoms with E-state index in [4.69, 9.17) is 17.3 Å². The number of aromatic amines is 1. The number of amides is 1. The van der Waals surface area contributed by atoms with Gasteiger partial charge in [0.15, 0.2) is 5.16 Å². The van der Waals surface area contributed by atoms with E-state index in [1.165, 1.54) is 12.1 Å². The van der Waals surface area contributed by atoms with Crippen LogP contribution in [-0.4, -0.2) is 21.6 Å². The van der Waals surface area contributed by atoms with Gasteiger partial charge in [-0.25, -0.2) is 9.37 Å². The van der Waals surface area contributed by atoms with E-state index >= 15 is 0 Å². The molecule has 0 atom stereocenters. The highest BCUT2D eigenvalue weighted by Crippen LogP contribution is 2.22. The van der Waals surface area contributed by atoms with Crippen LogP contribution in [0.1, 0.15) is 0 Å². The molecule has 4 N–H and O–H groups in total. The Bertz CT molecular complexity index is 737. The van der Waals surface area contributed by atoms with E-state index in [0.717, 1.165) is 23.9 Å². The number of thioether (sulfide) groups is 1. The average molecular weight is 329 g/mol. The predicted octanol–water partition coefficient (Wildman–Crippen LogP) is 1.88. The maximum absolute atomic E-state index is 12.9. The van der Waals surface area contributed by atoms with E-state index in [1.807, 2.05) is 0 Å². The molecule has 0 fully saturated rings. The second-order valence-corrected chi connectivity index (χ2v) is 5.31. The third-order valence-electron chi connectivity index (χ3n) is 2.28. The molecule has 0 radical (unpaired) electrons. The summed E-state index contributed by atoms with van der Waals surface area (Å²) in [5.74, 6) is -0.809. The van der Waals surface area contributed by atoms with Crippen molar-refractivity contribution in [1.29, 1.82) is 0 Å². The molecular formula is C12H10ClFN4O2S. The SMILES string of the molecule is Nc1cc(=O)[nH]c(SCC(=O)Nc2ccc(F)cc2Cl)n1. The second kappa shape index (κ2) is 6.59. The normalized spacial score (nSPS) is 10.4. The first-order valence-electron chi connectivity index (χ1n) is 5.68. The van der Waals surface area contributed by atoms with Gasteiger partial charge in [0.1, 0.15) is 11.6 Å². The fourth-order valence-electron chi connectivity index (χ4n) is 1.43. The Hall–Kier alpha value is -2.06. The maximum atomic E-state index is 12.9. The van der Waals surface area contributed by atoms with Crippen LogP contribution in [-0.2, 0) is 4.79 Å². The van der Waals surface area contributed by atoms with Crippen molar-refractivity contribution in [3.05, 3.63) is 45.5 Å². The van der Waals surface area contributed by atoms with Crippen LogP contribution in [0.25, 0.3) is 0 Å². The number of carbonyl (C=O) groups excluding carboxylic acids is 1. The van der Waals surface area contributed by atoms with Crippen LogP contribution >= 0.6 is 23.4 Å². The van der Waals surface area contributed by atoms with Gasteiger partial charge in [0.2, 0.25) is 5.91 Å². The van der Waals surface area contributed by atoms with Crippen LogP contribution in [0.15, 0.2) is 34.2 Å². The maximum Gasteiger partial charge on any atom is 0.253 e. The lowest BCUT2D eigenvalue weighted by atomic mass is 10.3. The molecule has 9 heteroatoms. The largest absolute Gasteiger partial charge is 0.383 e. The highest BCUT2D eigenvalue weighted by Gasteiger charge is 2.09. The Kier molecular flexibility index (Phi) is 4.81. The number of nitrogen functional groups attached to an aromatic ring is 1. The molecule has 0 bridgehead atoms. The van der Waals surface area contributed by atoms with Gasteiger partial charge >= 0.3 is 0 Å². The van der Waals surface area contributed by atoms with Crippen LogP contribution in [0, 0.1) is 5.82 Å². The quantitative estimate of drug-likeness (QED) is 0.587. The number of nitrogens with one attached hydrogen (secondary N) is 2. The number of halogens is 2. The Morgan fingerprint density at radius 3 is 2.90 bits per heavy atom. The molecule has 110 valence electrons. The van der Waals surface area contributed by atoms with Crippen LogP contribution in [0.2, 0.25) is 5.02 Å². The van der Waals surface area contributed by atoms with Crippen LogP contribution in [0.4, 0.5) is 15.9 Å². The summed E-state index contributed by atoms with van der Waals surface area (Å²) < 4.78 is 12.9. The number of aromatic nitrogens is 2. The lowest BCUT2D eigenvalue weighted by molar-refractivity contribution is -0.113. The van der Waals surface area contributed by atoms with E-state index in [-0.39, 0.29) is 27.7 Å². The molecule has 1 aromatic heterocycles. The molecule has 2 aromatic rings. The van der Waals surface area contributed by atoms with Crippen LogP contribution in [0.5, 0.6) is 0 Å². The molecule has 6 nitrogen and oxygen atoms in total.